The summed E-state index contributed by atoms with van der Waals surface area (Å²) < 4.78 is 4.39. The van der Waals surface area contributed by atoms with Crippen LogP contribution in [0.2, 0.25) is 0 Å². The molecule has 1 aromatic carbocycles. The van der Waals surface area contributed by atoms with Gasteiger partial charge in [0.15, 0.2) is 0 Å². The van der Waals surface area contributed by atoms with Gasteiger partial charge in [-0.3, -0.25) is 5.32 Å². The average Bonchev–Trinajstić information content (AvgIpc) is 2.20. The smallest absolute Gasteiger partial charge is 0.411 e. The number of rotatable bonds is 1. The zero-order valence-corrected chi connectivity index (χ0v) is 7.57. The molecule has 3 N–H and O–H groups in total. The Labute approximate surface area is 81.1 Å². The minimum atomic E-state index is -0.619. The molecule has 0 saturated heterocycles. The molecule has 0 saturated carbocycles. The number of hydrogen-bond donors (Lipinski definition) is 2. The van der Waals surface area contributed by atoms with Gasteiger partial charge in [-0.05, 0) is 18.2 Å². The number of benzene rings is 1. The van der Waals surface area contributed by atoms with Crippen molar-refractivity contribution in [3.05, 3.63) is 23.8 Å². The second kappa shape index (κ2) is 4.14. The molecule has 0 unspecified atom stereocenters. The Hall–Kier alpha value is -2.22. The highest BCUT2D eigenvalue weighted by Gasteiger charge is 2.05. The van der Waals surface area contributed by atoms with Crippen LogP contribution in [0, 0.1) is 11.3 Å². The summed E-state index contributed by atoms with van der Waals surface area (Å²) in [4.78, 5) is 10.9. The molecule has 1 aromatic rings. The monoisotopic (exact) mass is 191 g/mol. The molecule has 0 spiro atoms. The van der Waals surface area contributed by atoms with Crippen molar-refractivity contribution in [1.29, 1.82) is 5.26 Å². The van der Waals surface area contributed by atoms with Crippen LogP contribution in [-0.2, 0) is 4.74 Å². The van der Waals surface area contributed by atoms with Gasteiger partial charge in [-0.1, -0.05) is 0 Å². The van der Waals surface area contributed by atoms with Gasteiger partial charge < -0.3 is 10.5 Å². The molecule has 0 atom stereocenters. The fourth-order valence-electron chi connectivity index (χ4n) is 0.924. The minimum Gasteiger partial charge on any atom is -0.453 e. The number of nitrogens with zero attached hydrogens (tertiary/aromatic N) is 1. The van der Waals surface area contributed by atoms with Crippen LogP contribution in [0.25, 0.3) is 0 Å². The second-order valence-electron chi connectivity index (χ2n) is 2.53. The van der Waals surface area contributed by atoms with Crippen molar-refractivity contribution in [3.63, 3.8) is 0 Å². The molecule has 0 heterocycles. The summed E-state index contributed by atoms with van der Waals surface area (Å²) in [6.45, 7) is 0. The zero-order chi connectivity index (χ0) is 10.6. The van der Waals surface area contributed by atoms with E-state index >= 15 is 0 Å². The summed E-state index contributed by atoms with van der Waals surface area (Å²) in [6, 6.07) is 6.53. The van der Waals surface area contributed by atoms with Crippen LogP contribution in [0.4, 0.5) is 16.2 Å². The third-order valence-corrected chi connectivity index (χ3v) is 1.59. The maximum Gasteiger partial charge on any atom is 0.411 e. The molecule has 14 heavy (non-hydrogen) atoms. The Kier molecular flexibility index (Phi) is 2.92. The standard InChI is InChI=1S/C9H9N3O2/c1-14-9(13)12-8-3-2-7(11)4-6(8)5-10/h2-4H,11H2,1H3,(H,12,13). The maximum absolute atomic E-state index is 10.9. The lowest BCUT2D eigenvalue weighted by atomic mass is 10.2. The molecule has 0 aromatic heterocycles. The summed E-state index contributed by atoms with van der Waals surface area (Å²) in [5, 5.41) is 11.1. The number of amides is 1. The van der Waals surface area contributed by atoms with Crippen molar-refractivity contribution >= 4 is 17.5 Å². The Morgan fingerprint density at radius 2 is 2.36 bits per heavy atom. The van der Waals surface area contributed by atoms with Crippen LogP contribution in [0.3, 0.4) is 0 Å². The number of nitriles is 1. The van der Waals surface area contributed by atoms with Crippen molar-refractivity contribution in [2.45, 2.75) is 0 Å². The van der Waals surface area contributed by atoms with Gasteiger partial charge in [-0.15, -0.1) is 0 Å². The lowest BCUT2D eigenvalue weighted by molar-refractivity contribution is 0.187. The molecule has 0 aliphatic carbocycles. The lowest BCUT2D eigenvalue weighted by Gasteiger charge is -2.05. The van der Waals surface area contributed by atoms with E-state index in [1.807, 2.05) is 6.07 Å². The Morgan fingerprint density at radius 3 is 2.93 bits per heavy atom. The Bertz CT molecular complexity index is 396. The number of hydrogen-bond acceptors (Lipinski definition) is 4. The van der Waals surface area contributed by atoms with Crippen LogP contribution >= 0.6 is 0 Å². The molecule has 1 rings (SSSR count). The Balaban J connectivity index is 2.98. The van der Waals surface area contributed by atoms with E-state index in [4.69, 9.17) is 11.0 Å². The molecule has 0 bridgehead atoms. The topological polar surface area (TPSA) is 88.1 Å². The van der Waals surface area contributed by atoms with Crippen LogP contribution in [0.5, 0.6) is 0 Å². The molecule has 0 radical (unpaired) electrons. The summed E-state index contributed by atoms with van der Waals surface area (Å²) in [5.41, 5.74) is 6.62. The van der Waals surface area contributed by atoms with E-state index in [0.717, 1.165) is 0 Å². The van der Waals surface area contributed by atoms with Crippen LogP contribution < -0.4 is 11.1 Å². The number of methoxy groups -OCH3 is 1. The number of nitrogens with two attached hydrogens (primary N) is 1. The van der Waals surface area contributed by atoms with E-state index in [1.54, 1.807) is 12.1 Å². The predicted molar refractivity (Wildman–Crippen MR) is 51.6 cm³/mol. The van der Waals surface area contributed by atoms with E-state index in [2.05, 4.69) is 10.1 Å². The molecule has 0 fully saturated rings. The van der Waals surface area contributed by atoms with Gasteiger partial charge >= 0.3 is 6.09 Å². The van der Waals surface area contributed by atoms with E-state index in [0.29, 0.717) is 16.9 Å². The fraction of sp³-hybridized carbons (Fsp3) is 0.111. The number of anilines is 2. The first-order chi connectivity index (χ1) is 6.67. The predicted octanol–water partition coefficient (Wildman–Crippen LogP) is 1.32. The quantitative estimate of drug-likeness (QED) is 0.655. The van der Waals surface area contributed by atoms with Crippen LogP contribution in [0.1, 0.15) is 5.56 Å². The second-order valence-corrected chi connectivity index (χ2v) is 2.53. The SMILES string of the molecule is COC(=O)Nc1ccc(N)cc1C#N. The normalized spacial score (nSPS) is 8.86. The van der Waals surface area contributed by atoms with Crippen LogP contribution in [-0.4, -0.2) is 13.2 Å². The molecular weight excluding hydrogens is 182 g/mol. The molecule has 5 nitrogen and oxygen atoms in total. The first-order valence-corrected chi connectivity index (χ1v) is 3.82. The summed E-state index contributed by atoms with van der Waals surface area (Å²) in [6.07, 6.45) is -0.619. The van der Waals surface area contributed by atoms with Crippen molar-refractivity contribution in [2.24, 2.45) is 0 Å². The first kappa shape index (κ1) is 9.86. The average molecular weight is 191 g/mol. The first-order valence-electron chi connectivity index (χ1n) is 3.82. The van der Waals surface area contributed by atoms with E-state index < -0.39 is 6.09 Å². The van der Waals surface area contributed by atoms with Crippen molar-refractivity contribution in [2.75, 3.05) is 18.2 Å². The van der Waals surface area contributed by atoms with E-state index in [9.17, 15) is 4.79 Å². The van der Waals surface area contributed by atoms with Gasteiger partial charge in [-0.2, -0.15) is 5.26 Å². The highest BCUT2D eigenvalue weighted by atomic mass is 16.5. The highest BCUT2D eigenvalue weighted by Crippen LogP contribution is 2.17. The fourth-order valence-corrected chi connectivity index (χ4v) is 0.924. The molecule has 1 amide bonds. The van der Waals surface area contributed by atoms with Gasteiger partial charge in [0.1, 0.15) is 6.07 Å². The van der Waals surface area contributed by atoms with Crippen molar-refractivity contribution in [1.82, 2.24) is 0 Å². The van der Waals surface area contributed by atoms with Gasteiger partial charge in [0.05, 0.1) is 18.4 Å². The van der Waals surface area contributed by atoms with Crippen molar-refractivity contribution < 1.29 is 9.53 Å². The molecule has 0 aliphatic heterocycles. The van der Waals surface area contributed by atoms with Crippen LogP contribution in [0.15, 0.2) is 18.2 Å². The van der Waals surface area contributed by atoms with Gasteiger partial charge in [0, 0.05) is 5.69 Å². The number of ether oxygens (including phenoxy) is 1. The Morgan fingerprint density at radius 1 is 1.64 bits per heavy atom. The maximum atomic E-state index is 10.9. The molecule has 5 heteroatoms. The zero-order valence-electron chi connectivity index (χ0n) is 7.57. The third-order valence-electron chi connectivity index (χ3n) is 1.59. The van der Waals surface area contributed by atoms with Gasteiger partial charge in [0.25, 0.3) is 0 Å². The minimum absolute atomic E-state index is 0.301. The number of nitrogen functional groups attached to an aromatic ring is 1. The molecule has 0 aliphatic rings. The van der Waals surface area contributed by atoms with Crippen molar-refractivity contribution in [3.8, 4) is 6.07 Å². The van der Waals surface area contributed by atoms with E-state index in [-0.39, 0.29) is 0 Å². The highest BCUT2D eigenvalue weighted by molar-refractivity contribution is 5.86. The molecule has 72 valence electrons. The largest absolute Gasteiger partial charge is 0.453 e. The van der Waals surface area contributed by atoms with Gasteiger partial charge in [0.2, 0.25) is 0 Å². The lowest BCUT2D eigenvalue weighted by Crippen LogP contribution is -2.12. The molecular formula is C9H9N3O2. The summed E-state index contributed by atoms with van der Waals surface area (Å²) in [7, 11) is 1.25. The number of carbonyl (C=O) groups is 1. The number of nitrogens with one attached hydrogen (secondary N) is 1. The summed E-state index contributed by atoms with van der Waals surface area (Å²) in [5.74, 6) is 0. The van der Waals surface area contributed by atoms with Gasteiger partial charge in [-0.25, -0.2) is 4.79 Å². The summed E-state index contributed by atoms with van der Waals surface area (Å²) >= 11 is 0. The third kappa shape index (κ3) is 2.14. The number of carbonyl (C=O) groups excluding carboxylic acids is 1. The van der Waals surface area contributed by atoms with E-state index in [1.165, 1.54) is 13.2 Å².